The van der Waals surface area contributed by atoms with Crippen LogP contribution in [0.2, 0.25) is 0 Å². The van der Waals surface area contributed by atoms with E-state index >= 15 is 8.78 Å². The van der Waals surface area contributed by atoms with Crippen molar-refractivity contribution >= 4 is 67.9 Å². The second-order valence-electron chi connectivity index (χ2n) is 29.6. The van der Waals surface area contributed by atoms with E-state index in [0.717, 1.165) is 97.5 Å². The molecule has 3 saturated heterocycles. The Bertz CT molecular complexity index is 4720. The molecule has 0 spiro atoms. The molecule has 0 radical (unpaired) electrons. The number of piperidine rings is 3. The summed E-state index contributed by atoms with van der Waals surface area (Å²) in [7, 11) is 1.69. The number of aliphatic hydroxyl groups excluding tert-OH is 2. The Labute approximate surface area is 621 Å². The minimum atomic E-state index is -4.41. The van der Waals surface area contributed by atoms with Crippen molar-refractivity contribution in [2.45, 2.75) is 154 Å². The predicted octanol–water partition coefficient (Wildman–Crippen LogP) is 12.3. The number of aliphatic hydroxyl groups is 2. The Balaban J connectivity index is 0.000000153. The third-order valence-corrected chi connectivity index (χ3v) is 20.9. The quantitative estimate of drug-likeness (QED) is 0.0567. The Morgan fingerprint density at radius 3 is 1.34 bits per heavy atom. The highest BCUT2D eigenvalue weighted by Crippen LogP contribution is 2.42. The smallest absolute Gasteiger partial charge is 0.391 e. The Morgan fingerprint density at radius 1 is 0.505 bits per heavy atom. The maximum atomic E-state index is 15.4. The van der Waals surface area contributed by atoms with Crippen LogP contribution in [0.5, 0.6) is 0 Å². The molecule has 5 fully saturated rings. The molecule has 2 unspecified atom stereocenters. The summed E-state index contributed by atoms with van der Waals surface area (Å²) >= 11 is 0. The largest absolute Gasteiger partial charge is 0.416 e. The minimum Gasteiger partial charge on any atom is -0.391 e. The number of alkyl halides is 9. The van der Waals surface area contributed by atoms with E-state index in [0.29, 0.717) is 131 Å². The van der Waals surface area contributed by atoms with Gasteiger partial charge in [-0.1, -0.05) is 36.4 Å². The van der Waals surface area contributed by atoms with Crippen LogP contribution in [0.3, 0.4) is 0 Å². The first kappa shape index (κ1) is 79.0. The van der Waals surface area contributed by atoms with Gasteiger partial charge >= 0.3 is 18.5 Å². The highest BCUT2D eigenvalue weighted by atomic mass is 19.4. The third-order valence-electron chi connectivity index (χ3n) is 20.9. The third kappa shape index (κ3) is 19.4. The number of ketones is 3. The molecular weight excluding hydrogens is 1440 g/mol. The maximum Gasteiger partial charge on any atom is 0.416 e. The molecule has 21 nitrogen and oxygen atoms in total. The number of carbonyl (C=O) groups excluding carboxylic acids is 3. The molecule has 5 aliphatic rings. The lowest BCUT2D eigenvalue weighted by Crippen LogP contribution is -2.46. The van der Waals surface area contributed by atoms with Gasteiger partial charge in [0, 0.05) is 115 Å². The molecular formula is C77H85F11N16O5. The summed E-state index contributed by atoms with van der Waals surface area (Å²) in [5.74, 6) is 0.613. The summed E-state index contributed by atoms with van der Waals surface area (Å²) in [6.45, 7) is 11.3. The number of rotatable bonds is 23. The molecule has 3 aromatic carbocycles. The number of aromatic nitrogens is 9. The van der Waals surface area contributed by atoms with Gasteiger partial charge in [-0.05, 0) is 144 Å². The number of benzene rings is 3. The Hall–Kier alpha value is -9.55. The number of Topliss-reactive ketones (excluding diaryl/α,β-unsaturated/α-hetero) is 3. The average molecular weight is 1520 g/mol. The summed E-state index contributed by atoms with van der Waals surface area (Å²) < 4.78 is 152. The normalized spacial score (nSPS) is 19.4. The van der Waals surface area contributed by atoms with E-state index in [1.165, 1.54) is 74.7 Å². The topological polar surface area (TPSA) is 227 Å². The number of halogens is 11. The molecule has 0 bridgehead atoms. The van der Waals surface area contributed by atoms with Gasteiger partial charge in [0.15, 0.2) is 11.6 Å². The van der Waals surface area contributed by atoms with Crippen molar-refractivity contribution in [1.29, 1.82) is 5.26 Å². The molecule has 2 saturated carbocycles. The number of β-amino-alcohol motifs (C(OH)–C–C–N with tert-alkyl or cyclic N) is 2. The molecule has 580 valence electrons. The number of nitriles is 1. The summed E-state index contributed by atoms with van der Waals surface area (Å²) in [5.41, 5.74) is 0.795. The van der Waals surface area contributed by atoms with E-state index < -0.39 is 64.5 Å². The average Bonchev–Trinajstić information content (AvgIpc) is 1.62. The van der Waals surface area contributed by atoms with Crippen molar-refractivity contribution in [3.8, 4) is 6.07 Å². The van der Waals surface area contributed by atoms with Crippen LogP contribution in [-0.2, 0) is 72.2 Å². The van der Waals surface area contributed by atoms with Gasteiger partial charge < -0.3 is 38.6 Å². The predicted molar refractivity (Wildman–Crippen MR) is 384 cm³/mol. The second-order valence-corrected chi connectivity index (χ2v) is 29.6. The van der Waals surface area contributed by atoms with Crippen LogP contribution in [0.1, 0.15) is 106 Å². The molecule has 3 aliphatic heterocycles. The van der Waals surface area contributed by atoms with Crippen LogP contribution < -0.4 is 14.7 Å². The highest BCUT2D eigenvalue weighted by molar-refractivity contribution is 5.90. The number of likely N-dealkylation sites (tertiary alicyclic amines) is 3. The zero-order chi connectivity index (χ0) is 77.9. The monoisotopic (exact) mass is 1520 g/mol. The van der Waals surface area contributed by atoms with Gasteiger partial charge in [0.2, 0.25) is 0 Å². The molecule has 2 N–H and O–H groups in total. The molecule has 4 atom stereocenters. The number of fused-ring (bicyclic) bond motifs is 3. The Morgan fingerprint density at radius 2 is 0.899 bits per heavy atom. The first-order chi connectivity index (χ1) is 51.8. The molecule has 9 aromatic rings. The van der Waals surface area contributed by atoms with E-state index in [2.05, 4.69) is 40.9 Å². The van der Waals surface area contributed by atoms with Gasteiger partial charge in [0.1, 0.15) is 70.7 Å². The second kappa shape index (κ2) is 32.9. The SMILES string of the molecule is CC(=O)CN1CCC(C#N)(Cn2cc(F)c3c(N(Cc4ccc(C(F)(F)F)cc4)C4CC4)ncnc32)CC1.CC(=O)CN1CCC(Cn2cc(F)c3c(N(C)Cc4ccc(C(F)(F)F)cc4)ncnc32)[C@@H](O)C1.CC(=O)CN1CCC(Cn2ccc3c(N(Cc4ccc(C(F)(F)F)cc4)C4CC4)ncnc32)[C@@H](O)C1. The van der Waals surface area contributed by atoms with Crippen molar-refractivity contribution in [3.63, 3.8) is 0 Å². The van der Waals surface area contributed by atoms with E-state index in [1.54, 1.807) is 34.9 Å². The Kier molecular flexibility index (Phi) is 23.9. The fraction of sp³-hybridized carbons (Fsp3) is 0.481. The minimum absolute atomic E-state index is 0.0405. The maximum absolute atomic E-state index is 15.4. The van der Waals surface area contributed by atoms with Crippen LogP contribution in [0.4, 0.5) is 65.7 Å². The summed E-state index contributed by atoms with van der Waals surface area (Å²) in [6, 6.07) is 19.9. The number of anilines is 3. The number of hydrogen-bond donors (Lipinski definition) is 2. The molecule has 109 heavy (non-hydrogen) atoms. The van der Waals surface area contributed by atoms with Gasteiger partial charge in [0.25, 0.3) is 0 Å². The first-order valence-corrected chi connectivity index (χ1v) is 36.2. The number of hydrogen-bond acceptors (Lipinski definition) is 18. The lowest BCUT2D eigenvalue weighted by Gasteiger charge is -2.37. The van der Waals surface area contributed by atoms with Gasteiger partial charge in [-0.15, -0.1) is 0 Å². The fourth-order valence-electron chi connectivity index (χ4n) is 14.9. The zero-order valence-corrected chi connectivity index (χ0v) is 60.6. The molecule has 9 heterocycles. The standard InChI is InChI=1S/C27H28F4N6O.C26H30F3N5O2.C24H27F4N5O2/c1-18(38)12-35-10-8-26(15-32,9-11-35)16-36-14-22(28)23-24(36)33-17-34-25(23)37(21-6-7-21)13-19-2-4-20(5-3-19)27(29,30)31;1-17(35)12-32-10-8-19(23(36)15-32)14-33-11-9-22-24(33)30-16-31-25(22)34(21-6-7-21)13-18-2-4-20(5-3-18)26(27,28)29;1-15(34)9-32-8-7-17(20(35)13-32)11-33-12-19(25)21-22(29-14-30-23(21)33)31(2)10-16-3-5-18(6-4-16)24(26,27)28/h2-5,14,17,21H,6-13,16H2,1H3;2-5,9,11,16,19,21,23,36H,6-8,10,12-15H2,1H3;3-6,12,14,17,20,35H,7-11,13H2,1-2H3/t;19?,23-;17?,20-/m.00/s1. The first-order valence-electron chi connectivity index (χ1n) is 36.2. The molecule has 0 amide bonds. The summed E-state index contributed by atoms with van der Waals surface area (Å²) in [4.78, 5) is 72.3. The lowest BCUT2D eigenvalue weighted by atomic mass is 9.79. The van der Waals surface area contributed by atoms with Crippen molar-refractivity contribution in [3.05, 3.63) is 161 Å². The zero-order valence-electron chi connectivity index (χ0n) is 60.6. The summed E-state index contributed by atoms with van der Waals surface area (Å²) in [6.07, 6.45) is 0.831. The highest BCUT2D eigenvalue weighted by Gasteiger charge is 2.40. The van der Waals surface area contributed by atoms with Crippen molar-refractivity contribution in [2.24, 2.45) is 17.3 Å². The van der Waals surface area contributed by atoms with Gasteiger partial charge in [-0.2, -0.15) is 44.8 Å². The fourth-order valence-corrected chi connectivity index (χ4v) is 14.9. The van der Waals surface area contributed by atoms with Gasteiger partial charge in [-0.25, -0.2) is 38.7 Å². The van der Waals surface area contributed by atoms with Crippen LogP contribution in [0, 0.1) is 40.2 Å². The number of nitrogens with zero attached hydrogens (tertiary/aromatic N) is 16. The van der Waals surface area contributed by atoms with E-state index in [-0.39, 0.29) is 65.6 Å². The molecule has 32 heteroatoms. The van der Waals surface area contributed by atoms with Crippen LogP contribution in [-0.4, -0.2) is 176 Å². The van der Waals surface area contributed by atoms with Crippen molar-refractivity contribution < 1.29 is 72.9 Å². The van der Waals surface area contributed by atoms with Crippen molar-refractivity contribution in [1.82, 2.24) is 58.3 Å². The van der Waals surface area contributed by atoms with Crippen molar-refractivity contribution in [2.75, 3.05) is 80.7 Å². The summed E-state index contributed by atoms with van der Waals surface area (Å²) in [5, 5.41) is 32.7. The molecule has 14 rings (SSSR count). The van der Waals surface area contributed by atoms with Crippen LogP contribution in [0.25, 0.3) is 33.1 Å². The number of carbonyl (C=O) groups is 3. The van der Waals surface area contributed by atoms with Gasteiger partial charge in [-0.3, -0.25) is 29.1 Å². The lowest BCUT2D eigenvalue weighted by molar-refractivity contribution is -0.138. The van der Waals surface area contributed by atoms with E-state index in [9.17, 15) is 69.4 Å². The van der Waals surface area contributed by atoms with E-state index in [1.807, 2.05) is 36.4 Å². The van der Waals surface area contributed by atoms with Crippen LogP contribution >= 0.6 is 0 Å². The van der Waals surface area contributed by atoms with Crippen LogP contribution in [0.15, 0.2) is 116 Å². The molecule has 6 aromatic heterocycles. The van der Waals surface area contributed by atoms with E-state index in [4.69, 9.17) is 0 Å². The van der Waals surface area contributed by atoms with Gasteiger partial charge in [0.05, 0.1) is 76.2 Å². The molecule has 2 aliphatic carbocycles.